The summed E-state index contributed by atoms with van der Waals surface area (Å²) in [5.74, 6) is 0. The van der Waals surface area contributed by atoms with Gasteiger partial charge in [0.25, 0.3) is 11.1 Å². The van der Waals surface area contributed by atoms with Gasteiger partial charge < -0.3 is 0 Å². The molecule has 2 heterocycles. The van der Waals surface area contributed by atoms with Gasteiger partial charge >= 0.3 is 0 Å². The number of aromatic nitrogens is 2. The molecule has 1 aromatic carbocycles. The zero-order valence-corrected chi connectivity index (χ0v) is 12.0. The predicted molar refractivity (Wildman–Crippen MR) is 83.4 cm³/mol. The second kappa shape index (κ2) is 6.01. The number of nitrogens with zero attached hydrogens (tertiary/aromatic N) is 2. The molecule has 0 saturated heterocycles. The molecule has 0 amide bonds. The molecule has 1 aliphatic heterocycles. The minimum absolute atomic E-state index is 0.0933. The third-order valence-corrected chi connectivity index (χ3v) is 4.26. The normalized spacial score (nSPS) is 17.3. The molecule has 2 aromatic rings. The quantitative estimate of drug-likeness (QED) is 0.881. The molecule has 21 heavy (non-hydrogen) atoms. The smallest absolute Gasteiger partial charge is 0.265 e. The van der Waals surface area contributed by atoms with Crippen LogP contribution < -0.4 is 16.5 Å². The van der Waals surface area contributed by atoms with Crippen molar-refractivity contribution in [3.05, 3.63) is 68.7 Å². The van der Waals surface area contributed by atoms with Gasteiger partial charge in [0.15, 0.2) is 0 Å². The number of hydrogen-bond donors (Lipinski definition) is 2. The van der Waals surface area contributed by atoms with E-state index in [2.05, 4.69) is 15.6 Å². The average Bonchev–Trinajstić information content (AvgIpc) is 2.98. The molecule has 1 unspecified atom stereocenters. The van der Waals surface area contributed by atoms with Crippen LogP contribution in [0.25, 0.3) is 0 Å². The number of nitrogens with one attached hydrogen (secondary N) is 2. The Hall–Kier alpha value is -2.28. The molecule has 0 aliphatic carbocycles. The fourth-order valence-electron chi connectivity index (χ4n) is 2.03. The lowest BCUT2D eigenvalue weighted by atomic mass is 10.2. The maximum absolute atomic E-state index is 11.6. The van der Waals surface area contributed by atoms with Crippen LogP contribution in [0, 0.1) is 0 Å². The van der Waals surface area contributed by atoms with Crippen LogP contribution in [0.5, 0.6) is 0 Å². The Kier molecular flexibility index (Phi) is 3.92. The van der Waals surface area contributed by atoms with Crippen molar-refractivity contribution in [2.75, 3.05) is 0 Å². The summed E-state index contributed by atoms with van der Waals surface area (Å²) in [5.41, 5.74) is 3.64. The Balaban J connectivity index is 1.61. The molecule has 0 fully saturated rings. The Morgan fingerprint density at radius 2 is 1.95 bits per heavy atom. The van der Waals surface area contributed by atoms with E-state index >= 15 is 0 Å². The van der Waals surface area contributed by atoms with Gasteiger partial charge in [0.05, 0.1) is 5.37 Å². The highest BCUT2D eigenvalue weighted by Crippen LogP contribution is 2.24. The molecule has 2 N–H and O–H groups in total. The molecule has 0 bridgehead atoms. The van der Waals surface area contributed by atoms with Gasteiger partial charge in [0.2, 0.25) is 0 Å². The first-order valence-electron chi connectivity index (χ1n) is 6.58. The number of aromatic amines is 1. The summed E-state index contributed by atoms with van der Waals surface area (Å²) in [6.07, 6.45) is 0.685. The highest BCUT2D eigenvalue weighted by atomic mass is 32.2. The molecule has 3 rings (SSSR count). The number of benzene rings is 1. The van der Waals surface area contributed by atoms with Crippen molar-refractivity contribution >= 4 is 16.8 Å². The van der Waals surface area contributed by atoms with E-state index < -0.39 is 0 Å². The predicted octanol–water partition coefficient (Wildman–Crippen LogP) is 0.951. The molecule has 1 aliphatic rings. The van der Waals surface area contributed by atoms with Gasteiger partial charge in [-0.2, -0.15) is 5.10 Å². The van der Waals surface area contributed by atoms with Crippen molar-refractivity contribution in [2.45, 2.75) is 18.3 Å². The van der Waals surface area contributed by atoms with Crippen molar-refractivity contribution in [1.82, 2.24) is 15.2 Å². The summed E-state index contributed by atoms with van der Waals surface area (Å²) in [6.45, 7) is 0.442. The van der Waals surface area contributed by atoms with Gasteiger partial charge in [0, 0.05) is 24.2 Å². The Morgan fingerprint density at radius 1 is 1.14 bits per heavy atom. The lowest BCUT2D eigenvalue weighted by molar-refractivity contribution is 0.509. The van der Waals surface area contributed by atoms with Gasteiger partial charge in [-0.05, 0) is 6.42 Å². The summed E-state index contributed by atoms with van der Waals surface area (Å²) < 4.78 is 1.32. The van der Waals surface area contributed by atoms with Crippen LogP contribution in [0.2, 0.25) is 0 Å². The molecular formula is C14H14N4O2S. The van der Waals surface area contributed by atoms with Crippen molar-refractivity contribution in [3.8, 4) is 0 Å². The molecule has 6 nitrogen and oxygen atoms in total. The highest BCUT2D eigenvalue weighted by molar-refractivity contribution is 8.15. The molecule has 0 radical (unpaired) electrons. The first-order chi connectivity index (χ1) is 10.2. The van der Waals surface area contributed by atoms with E-state index in [-0.39, 0.29) is 16.5 Å². The second-order valence-corrected chi connectivity index (χ2v) is 5.80. The van der Waals surface area contributed by atoms with Crippen LogP contribution in [0.4, 0.5) is 0 Å². The number of H-pyrrole nitrogens is 1. The number of thioether (sulfide) groups is 1. The minimum Gasteiger partial charge on any atom is -0.295 e. The van der Waals surface area contributed by atoms with Crippen molar-refractivity contribution in [2.24, 2.45) is 5.10 Å². The summed E-state index contributed by atoms with van der Waals surface area (Å²) in [6, 6.07) is 12.4. The summed E-state index contributed by atoms with van der Waals surface area (Å²) in [7, 11) is 0. The molecule has 108 valence electrons. The molecule has 7 heteroatoms. The van der Waals surface area contributed by atoms with Crippen LogP contribution in [-0.4, -0.2) is 20.2 Å². The fraction of sp³-hybridized carbons (Fsp3) is 0.214. The zero-order valence-electron chi connectivity index (χ0n) is 11.2. The maximum atomic E-state index is 11.6. The Labute approximate surface area is 124 Å². The third kappa shape index (κ3) is 3.25. The number of hydrogen-bond acceptors (Lipinski definition) is 5. The van der Waals surface area contributed by atoms with E-state index in [1.807, 2.05) is 30.3 Å². The van der Waals surface area contributed by atoms with E-state index in [1.165, 1.54) is 16.8 Å². The largest absolute Gasteiger partial charge is 0.295 e. The van der Waals surface area contributed by atoms with Crippen LogP contribution in [-0.2, 0) is 6.54 Å². The van der Waals surface area contributed by atoms with Gasteiger partial charge in [-0.15, -0.1) is 0 Å². The summed E-state index contributed by atoms with van der Waals surface area (Å²) >= 11 is 1.62. The van der Waals surface area contributed by atoms with Gasteiger partial charge in [-0.1, -0.05) is 42.1 Å². The van der Waals surface area contributed by atoms with Crippen LogP contribution in [0.15, 0.2) is 57.2 Å². The van der Waals surface area contributed by atoms with Gasteiger partial charge in [-0.25, -0.2) is 0 Å². The minimum atomic E-state index is -0.275. The van der Waals surface area contributed by atoms with E-state index in [0.29, 0.717) is 13.0 Å². The standard InChI is InChI=1S/C14H14N4O2S/c19-11-6-7-13(20)18(17-11)9-8-12-15-16-14(21-12)10-4-2-1-3-5-10/h1-7,12,15H,8-9H2,(H,17,19). The number of rotatable bonds is 4. The Morgan fingerprint density at radius 3 is 2.76 bits per heavy atom. The van der Waals surface area contributed by atoms with E-state index in [4.69, 9.17) is 0 Å². The third-order valence-electron chi connectivity index (χ3n) is 3.09. The zero-order chi connectivity index (χ0) is 14.7. The van der Waals surface area contributed by atoms with E-state index in [0.717, 1.165) is 10.6 Å². The van der Waals surface area contributed by atoms with Crippen LogP contribution in [0.3, 0.4) is 0 Å². The van der Waals surface area contributed by atoms with Gasteiger partial charge in [-0.3, -0.25) is 24.8 Å². The fourth-order valence-corrected chi connectivity index (χ4v) is 3.01. The molecule has 0 spiro atoms. The lowest BCUT2D eigenvalue weighted by Crippen LogP contribution is -2.30. The molecular weight excluding hydrogens is 288 g/mol. The van der Waals surface area contributed by atoms with Gasteiger partial charge in [0.1, 0.15) is 5.04 Å². The Bertz CT molecular complexity index is 766. The van der Waals surface area contributed by atoms with Crippen molar-refractivity contribution in [3.63, 3.8) is 0 Å². The summed E-state index contributed by atoms with van der Waals surface area (Å²) in [4.78, 5) is 22.8. The maximum Gasteiger partial charge on any atom is 0.265 e. The monoisotopic (exact) mass is 302 g/mol. The first-order valence-corrected chi connectivity index (χ1v) is 7.46. The summed E-state index contributed by atoms with van der Waals surface area (Å²) in [5, 5.41) is 7.86. The molecule has 0 saturated carbocycles. The molecule has 1 aromatic heterocycles. The van der Waals surface area contributed by atoms with E-state index in [1.54, 1.807) is 11.8 Å². The van der Waals surface area contributed by atoms with E-state index in [9.17, 15) is 9.59 Å². The second-order valence-electron chi connectivity index (χ2n) is 4.61. The number of aryl methyl sites for hydroxylation is 1. The van der Waals surface area contributed by atoms with Crippen molar-refractivity contribution < 1.29 is 0 Å². The molecule has 1 atom stereocenters. The van der Waals surface area contributed by atoms with Crippen molar-refractivity contribution in [1.29, 1.82) is 0 Å². The van der Waals surface area contributed by atoms with Crippen LogP contribution >= 0.6 is 11.8 Å². The van der Waals surface area contributed by atoms with Crippen LogP contribution in [0.1, 0.15) is 12.0 Å². The SMILES string of the molecule is O=c1ccc(=O)n(CCC2NN=C(c3ccccc3)S2)[nH]1. The highest BCUT2D eigenvalue weighted by Gasteiger charge is 2.20. The lowest BCUT2D eigenvalue weighted by Gasteiger charge is -2.10. The average molecular weight is 302 g/mol. The topological polar surface area (TPSA) is 79.2 Å². The first kappa shape index (κ1) is 13.7. The number of hydrazone groups is 1.